The van der Waals surface area contributed by atoms with E-state index in [9.17, 15) is 19.2 Å². The standard InChI is InChI=1S/C17H18N2O4/c1-17(7-6-11(20)8-13(17)21)19-15(22)12-5-3-4-10(9-18-2)14(12)16(19)23/h3-5,18H,6-9H2,1-2H3/t17-/m0/s1. The number of nitrogens with one attached hydrogen (secondary N) is 1. The third-order valence-electron chi connectivity index (χ3n) is 4.71. The van der Waals surface area contributed by atoms with E-state index in [0.29, 0.717) is 17.7 Å². The maximum atomic E-state index is 12.9. The summed E-state index contributed by atoms with van der Waals surface area (Å²) in [4.78, 5) is 50.5. The number of carbonyl (C=O) groups excluding carboxylic acids is 4. The molecule has 1 aliphatic carbocycles. The van der Waals surface area contributed by atoms with Gasteiger partial charge in [0.05, 0.1) is 17.5 Å². The van der Waals surface area contributed by atoms with Crippen LogP contribution in [0, 0.1) is 0 Å². The van der Waals surface area contributed by atoms with Crippen LogP contribution in [0.5, 0.6) is 0 Å². The van der Waals surface area contributed by atoms with Gasteiger partial charge in [0.15, 0.2) is 5.78 Å². The number of carbonyl (C=O) groups is 4. The second kappa shape index (κ2) is 5.38. The Kier molecular flexibility index (Phi) is 3.64. The van der Waals surface area contributed by atoms with Gasteiger partial charge in [-0.3, -0.25) is 24.1 Å². The minimum absolute atomic E-state index is 0.139. The second-order valence-electron chi connectivity index (χ2n) is 6.23. The summed E-state index contributed by atoms with van der Waals surface area (Å²) in [6, 6.07) is 5.13. The lowest BCUT2D eigenvalue weighted by atomic mass is 9.80. The summed E-state index contributed by atoms with van der Waals surface area (Å²) < 4.78 is 0. The highest BCUT2D eigenvalue weighted by Gasteiger charge is 2.52. The second-order valence-corrected chi connectivity index (χ2v) is 6.23. The number of hydrogen-bond acceptors (Lipinski definition) is 5. The molecule has 1 N–H and O–H groups in total. The van der Waals surface area contributed by atoms with Crippen LogP contribution in [-0.2, 0) is 16.1 Å². The molecule has 1 fully saturated rings. The Morgan fingerprint density at radius 1 is 1.17 bits per heavy atom. The topological polar surface area (TPSA) is 83.6 Å². The van der Waals surface area contributed by atoms with Crippen molar-refractivity contribution in [1.29, 1.82) is 0 Å². The Labute approximate surface area is 133 Å². The lowest BCUT2D eigenvalue weighted by Crippen LogP contribution is -2.57. The fourth-order valence-electron chi connectivity index (χ4n) is 3.36. The van der Waals surface area contributed by atoms with Gasteiger partial charge < -0.3 is 5.32 Å². The lowest BCUT2D eigenvalue weighted by molar-refractivity contribution is -0.137. The van der Waals surface area contributed by atoms with Crippen molar-refractivity contribution in [2.45, 2.75) is 38.3 Å². The molecule has 2 amide bonds. The van der Waals surface area contributed by atoms with Crippen molar-refractivity contribution in [3.63, 3.8) is 0 Å². The first-order valence-corrected chi connectivity index (χ1v) is 7.60. The zero-order valence-corrected chi connectivity index (χ0v) is 13.1. The van der Waals surface area contributed by atoms with Gasteiger partial charge in [0.25, 0.3) is 11.8 Å². The third-order valence-corrected chi connectivity index (χ3v) is 4.71. The third kappa shape index (κ3) is 2.21. The molecule has 1 saturated carbocycles. The number of fused-ring (bicyclic) bond motifs is 1. The number of nitrogens with zero attached hydrogens (tertiary/aromatic N) is 1. The summed E-state index contributed by atoms with van der Waals surface area (Å²) in [5.74, 6) is -1.40. The molecule has 120 valence electrons. The molecule has 0 bridgehead atoms. The van der Waals surface area contributed by atoms with E-state index in [0.717, 1.165) is 10.5 Å². The van der Waals surface area contributed by atoms with E-state index in [1.807, 2.05) is 0 Å². The first kappa shape index (κ1) is 15.6. The normalized spacial score (nSPS) is 24.3. The van der Waals surface area contributed by atoms with Crippen molar-refractivity contribution >= 4 is 23.4 Å². The zero-order chi connectivity index (χ0) is 16.8. The van der Waals surface area contributed by atoms with E-state index in [1.165, 1.54) is 0 Å². The maximum Gasteiger partial charge on any atom is 0.262 e. The Hall–Kier alpha value is -2.34. The van der Waals surface area contributed by atoms with E-state index in [-0.39, 0.29) is 30.8 Å². The average molecular weight is 314 g/mol. The van der Waals surface area contributed by atoms with Gasteiger partial charge in [-0.25, -0.2) is 0 Å². The molecule has 0 aromatic heterocycles. The largest absolute Gasteiger partial charge is 0.316 e. The quantitative estimate of drug-likeness (QED) is 0.667. The molecule has 1 heterocycles. The molecule has 1 aliphatic heterocycles. The lowest BCUT2D eigenvalue weighted by Gasteiger charge is -2.38. The van der Waals surface area contributed by atoms with Gasteiger partial charge in [0, 0.05) is 13.0 Å². The maximum absolute atomic E-state index is 12.9. The molecule has 0 unspecified atom stereocenters. The number of Topliss-reactive ketones (excluding diaryl/α,β-unsaturated/α-hetero) is 2. The number of hydrogen-bond donors (Lipinski definition) is 1. The first-order valence-electron chi connectivity index (χ1n) is 7.60. The monoisotopic (exact) mass is 314 g/mol. The van der Waals surface area contributed by atoms with E-state index in [4.69, 9.17) is 0 Å². The van der Waals surface area contributed by atoms with Crippen LogP contribution in [-0.4, -0.2) is 40.9 Å². The fourth-order valence-corrected chi connectivity index (χ4v) is 3.36. The van der Waals surface area contributed by atoms with Crippen molar-refractivity contribution in [2.24, 2.45) is 0 Å². The molecule has 23 heavy (non-hydrogen) atoms. The van der Waals surface area contributed by atoms with Crippen molar-refractivity contribution in [1.82, 2.24) is 10.2 Å². The summed E-state index contributed by atoms with van der Waals surface area (Å²) in [5, 5.41) is 2.97. The van der Waals surface area contributed by atoms with Crippen LogP contribution in [0.4, 0.5) is 0 Å². The van der Waals surface area contributed by atoms with Crippen LogP contribution in [0.3, 0.4) is 0 Å². The van der Waals surface area contributed by atoms with Gasteiger partial charge in [-0.1, -0.05) is 12.1 Å². The molecule has 6 heteroatoms. The molecule has 1 aromatic rings. The van der Waals surface area contributed by atoms with Crippen molar-refractivity contribution in [3.05, 3.63) is 34.9 Å². The minimum Gasteiger partial charge on any atom is -0.316 e. The Morgan fingerprint density at radius 3 is 2.57 bits per heavy atom. The van der Waals surface area contributed by atoms with Gasteiger partial charge in [-0.15, -0.1) is 0 Å². The van der Waals surface area contributed by atoms with Crippen LogP contribution < -0.4 is 5.32 Å². The van der Waals surface area contributed by atoms with E-state index in [2.05, 4.69) is 5.32 Å². The molecule has 1 aromatic carbocycles. The summed E-state index contributed by atoms with van der Waals surface area (Å²) in [7, 11) is 1.76. The van der Waals surface area contributed by atoms with Gasteiger partial charge in [0.1, 0.15) is 11.3 Å². The smallest absolute Gasteiger partial charge is 0.262 e. The van der Waals surface area contributed by atoms with Crippen molar-refractivity contribution in [3.8, 4) is 0 Å². The van der Waals surface area contributed by atoms with Crippen LogP contribution in [0.25, 0.3) is 0 Å². The molecular formula is C17H18N2O4. The minimum atomic E-state index is -1.24. The van der Waals surface area contributed by atoms with Crippen LogP contribution >= 0.6 is 0 Å². The molecule has 6 nitrogen and oxygen atoms in total. The Balaban J connectivity index is 2.05. The SMILES string of the molecule is CNCc1cccc2c1C(=O)N([C@@]1(C)CCC(=O)CC1=O)C2=O. The number of benzene rings is 1. The Morgan fingerprint density at radius 2 is 1.91 bits per heavy atom. The van der Waals surface area contributed by atoms with E-state index >= 15 is 0 Å². The molecular weight excluding hydrogens is 296 g/mol. The van der Waals surface area contributed by atoms with Crippen LogP contribution in [0.2, 0.25) is 0 Å². The predicted molar refractivity (Wildman–Crippen MR) is 82.0 cm³/mol. The van der Waals surface area contributed by atoms with Gasteiger partial charge in [-0.05, 0) is 32.0 Å². The van der Waals surface area contributed by atoms with Gasteiger partial charge >= 0.3 is 0 Å². The van der Waals surface area contributed by atoms with Crippen LogP contribution in [0.15, 0.2) is 18.2 Å². The summed E-state index contributed by atoms with van der Waals surface area (Å²) >= 11 is 0. The number of imide groups is 1. The first-order chi connectivity index (χ1) is 10.9. The summed E-state index contributed by atoms with van der Waals surface area (Å²) in [6.07, 6.45) is 0.184. The average Bonchev–Trinajstić information content (AvgIpc) is 2.77. The predicted octanol–water partition coefficient (Wildman–Crippen LogP) is 1.08. The summed E-state index contributed by atoms with van der Waals surface area (Å²) in [6.45, 7) is 2.04. The molecule has 0 spiro atoms. The Bertz CT molecular complexity index is 740. The molecule has 1 atom stereocenters. The molecule has 0 saturated heterocycles. The number of rotatable bonds is 3. The van der Waals surface area contributed by atoms with E-state index in [1.54, 1.807) is 32.2 Å². The van der Waals surface area contributed by atoms with E-state index < -0.39 is 17.4 Å². The number of amides is 2. The molecule has 2 aliphatic rings. The fraction of sp³-hybridized carbons (Fsp3) is 0.412. The highest BCUT2D eigenvalue weighted by molar-refractivity contribution is 6.25. The summed E-state index contributed by atoms with van der Waals surface area (Å²) in [5.41, 5.74) is 0.179. The molecule has 3 rings (SSSR count). The highest BCUT2D eigenvalue weighted by Crippen LogP contribution is 2.37. The van der Waals surface area contributed by atoms with Gasteiger partial charge in [0.2, 0.25) is 0 Å². The molecule has 0 radical (unpaired) electrons. The van der Waals surface area contributed by atoms with Gasteiger partial charge in [-0.2, -0.15) is 0 Å². The van der Waals surface area contributed by atoms with Crippen molar-refractivity contribution < 1.29 is 19.2 Å². The zero-order valence-electron chi connectivity index (χ0n) is 13.1. The van der Waals surface area contributed by atoms with Crippen molar-refractivity contribution in [2.75, 3.05) is 7.05 Å². The number of ketones is 2. The highest BCUT2D eigenvalue weighted by atomic mass is 16.2. The van der Waals surface area contributed by atoms with Crippen LogP contribution in [0.1, 0.15) is 52.5 Å².